The van der Waals surface area contributed by atoms with Gasteiger partial charge in [-0.1, -0.05) is 35.1 Å². The molecule has 0 atom stereocenters. The number of rotatable bonds is 3. The molecule has 0 saturated carbocycles. The van der Waals surface area contributed by atoms with E-state index in [-0.39, 0.29) is 5.91 Å². The molecule has 2 N–H and O–H groups in total. The molecule has 4 aromatic rings. The van der Waals surface area contributed by atoms with Crippen LogP contribution in [0.3, 0.4) is 0 Å². The molecule has 0 saturated heterocycles. The Balaban J connectivity index is 1.41. The van der Waals surface area contributed by atoms with Crippen molar-refractivity contribution in [2.45, 2.75) is 6.42 Å². The normalized spacial score (nSPS) is 13.0. The Morgan fingerprint density at radius 2 is 2.04 bits per heavy atom. The number of hydrogen-bond acceptors (Lipinski definition) is 5. The standard InChI is InChI=1S/C18H12ClN5OS/c19-12-3-1-10(2-4-12)15-9-24-18(22-15)26-17(23-24)20-13-5-6-14-11(7-13)8-16(25)21-14/h1-7,9H,8H2,(H,20,23)(H,21,25). The molecule has 0 aliphatic carbocycles. The van der Waals surface area contributed by atoms with Gasteiger partial charge < -0.3 is 10.6 Å². The second-order valence-electron chi connectivity index (χ2n) is 5.99. The lowest BCUT2D eigenvalue weighted by Gasteiger charge is -2.04. The number of aromatic nitrogens is 3. The van der Waals surface area contributed by atoms with E-state index in [0.29, 0.717) is 11.4 Å². The summed E-state index contributed by atoms with van der Waals surface area (Å²) in [6.07, 6.45) is 2.31. The summed E-state index contributed by atoms with van der Waals surface area (Å²) in [5.74, 6) is 0.0274. The van der Waals surface area contributed by atoms with E-state index in [2.05, 4.69) is 20.7 Å². The van der Waals surface area contributed by atoms with E-state index in [4.69, 9.17) is 11.6 Å². The minimum Gasteiger partial charge on any atom is -0.330 e. The molecular weight excluding hydrogens is 370 g/mol. The molecule has 26 heavy (non-hydrogen) atoms. The number of hydrogen-bond donors (Lipinski definition) is 2. The van der Waals surface area contributed by atoms with Crippen LogP contribution in [-0.4, -0.2) is 20.5 Å². The SMILES string of the molecule is O=C1Cc2cc(Nc3nn4cc(-c5ccc(Cl)cc5)nc4s3)ccc2N1. The molecule has 5 rings (SSSR count). The fraction of sp³-hybridized carbons (Fsp3) is 0.0556. The van der Waals surface area contributed by atoms with Gasteiger partial charge in [0.1, 0.15) is 0 Å². The van der Waals surface area contributed by atoms with E-state index in [1.54, 1.807) is 4.52 Å². The van der Waals surface area contributed by atoms with Gasteiger partial charge in [0.2, 0.25) is 16.0 Å². The number of anilines is 3. The van der Waals surface area contributed by atoms with Crippen molar-refractivity contribution in [3.8, 4) is 11.3 Å². The molecule has 3 heterocycles. The number of imidazole rings is 1. The molecule has 2 aromatic carbocycles. The van der Waals surface area contributed by atoms with Gasteiger partial charge in [-0.15, -0.1) is 5.10 Å². The van der Waals surface area contributed by atoms with Crippen molar-refractivity contribution in [1.29, 1.82) is 0 Å². The zero-order valence-corrected chi connectivity index (χ0v) is 14.9. The van der Waals surface area contributed by atoms with E-state index in [9.17, 15) is 4.79 Å². The molecule has 2 aromatic heterocycles. The van der Waals surface area contributed by atoms with Crippen LogP contribution in [0.4, 0.5) is 16.5 Å². The Labute approximate surface area is 157 Å². The van der Waals surface area contributed by atoms with Crippen molar-refractivity contribution in [1.82, 2.24) is 14.6 Å². The predicted octanol–water partition coefficient (Wildman–Crippen LogP) is 4.35. The van der Waals surface area contributed by atoms with Gasteiger partial charge in [0, 0.05) is 22.0 Å². The van der Waals surface area contributed by atoms with Crippen molar-refractivity contribution in [3.05, 3.63) is 59.2 Å². The van der Waals surface area contributed by atoms with Gasteiger partial charge in [-0.3, -0.25) is 4.79 Å². The number of fused-ring (bicyclic) bond motifs is 2. The van der Waals surface area contributed by atoms with Crippen LogP contribution >= 0.6 is 22.9 Å². The highest BCUT2D eigenvalue weighted by Gasteiger charge is 2.18. The van der Waals surface area contributed by atoms with E-state index in [1.165, 1.54) is 11.3 Å². The maximum Gasteiger partial charge on any atom is 0.228 e. The van der Waals surface area contributed by atoms with Crippen molar-refractivity contribution < 1.29 is 4.79 Å². The molecule has 128 valence electrons. The van der Waals surface area contributed by atoms with Crippen LogP contribution in [0.15, 0.2) is 48.7 Å². The van der Waals surface area contributed by atoms with Crippen LogP contribution < -0.4 is 10.6 Å². The molecule has 0 spiro atoms. The highest BCUT2D eigenvalue weighted by molar-refractivity contribution is 7.20. The maximum absolute atomic E-state index is 11.5. The van der Waals surface area contributed by atoms with Crippen molar-refractivity contribution in [2.24, 2.45) is 0 Å². The van der Waals surface area contributed by atoms with Gasteiger partial charge in [-0.25, -0.2) is 9.50 Å². The van der Waals surface area contributed by atoms with Gasteiger partial charge in [0.25, 0.3) is 0 Å². The summed E-state index contributed by atoms with van der Waals surface area (Å²) in [5, 5.41) is 12.1. The molecule has 0 unspecified atom stereocenters. The molecule has 0 bridgehead atoms. The Morgan fingerprint density at radius 3 is 2.85 bits per heavy atom. The molecule has 0 fully saturated rings. The first kappa shape index (κ1) is 15.4. The predicted molar refractivity (Wildman–Crippen MR) is 103 cm³/mol. The average Bonchev–Trinajstić information content (AvgIpc) is 3.27. The summed E-state index contributed by atoms with van der Waals surface area (Å²) in [6.45, 7) is 0. The number of amides is 1. The van der Waals surface area contributed by atoms with Gasteiger partial charge in [0.15, 0.2) is 0 Å². The number of halogens is 1. The number of nitrogens with zero attached hydrogens (tertiary/aromatic N) is 3. The summed E-state index contributed by atoms with van der Waals surface area (Å²) >= 11 is 7.40. The van der Waals surface area contributed by atoms with Gasteiger partial charge in [-0.05, 0) is 35.9 Å². The second kappa shape index (κ2) is 5.82. The highest BCUT2D eigenvalue weighted by Crippen LogP contribution is 2.30. The van der Waals surface area contributed by atoms with Crippen molar-refractivity contribution in [2.75, 3.05) is 10.6 Å². The Bertz CT molecular complexity index is 1120. The van der Waals surface area contributed by atoms with Gasteiger partial charge in [0.05, 0.1) is 18.3 Å². The number of benzene rings is 2. The lowest BCUT2D eigenvalue weighted by molar-refractivity contribution is -0.115. The summed E-state index contributed by atoms with van der Waals surface area (Å²) in [5.41, 5.74) is 4.62. The molecule has 1 aliphatic heterocycles. The summed E-state index contributed by atoms with van der Waals surface area (Å²) in [4.78, 5) is 16.9. The summed E-state index contributed by atoms with van der Waals surface area (Å²) in [7, 11) is 0. The van der Waals surface area contributed by atoms with E-state index in [0.717, 1.165) is 38.3 Å². The lowest BCUT2D eigenvalue weighted by atomic mass is 10.1. The van der Waals surface area contributed by atoms with Crippen LogP contribution in [0.5, 0.6) is 0 Å². The fourth-order valence-corrected chi connectivity index (χ4v) is 3.87. The number of carbonyl (C=O) groups is 1. The van der Waals surface area contributed by atoms with E-state index < -0.39 is 0 Å². The van der Waals surface area contributed by atoms with E-state index in [1.807, 2.05) is 48.7 Å². The molecule has 1 amide bonds. The first-order valence-electron chi connectivity index (χ1n) is 7.96. The summed E-state index contributed by atoms with van der Waals surface area (Å²) < 4.78 is 1.76. The van der Waals surface area contributed by atoms with Crippen LogP contribution in [-0.2, 0) is 11.2 Å². The minimum atomic E-state index is 0.0274. The fourth-order valence-electron chi connectivity index (χ4n) is 2.94. The smallest absolute Gasteiger partial charge is 0.228 e. The molecule has 0 radical (unpaired) electrons. The topological polar surface area (TPSA) is 71.3 Å². The van der Waals surface area contributed by atoms with Crippen molar-refractivity contribution in [3.63, 3.8) is 0 Å². The lowest BCUT2D eigenvalue weighted by Crippen LogP contribution is -2.03. The van der Waals surface area contributed by atoms with Crippen LogP contribution in [0.2, 0.25) is 5.02 Å². The zero-order chi connectivity index (χ0) is 17.7. The Kier molecular flexibility index (Phi) is 3.44. The monoisotopic (exact) mass is 381 g/mol. The average molecular weight is 382 g/mol. The Hall–Kier alpha value is -2.90. The maximum atomic E-state index is 11.5. The van der Waals surface area contributed by atoms with Crippen molar-refractivity contribution >= 4 is 50.3 Å². The number of carbonyl (C=O) groups excluding carboxylic acids is 1. The molecule has 6 nitrogen and oxygen atoms in total. The third-order valence-corrected chi connectivity index (χ3v) is 5.25. The molecule has 1 aliphatic rings. The highest BCUT2D eigenvalue weighted by atomic mass is 35.5. The minimum absolute atomic E-state index is 0.0274. The second-order valence-corrected chi connectivity index (χ2v) is 7.38. The first-order chi connectivity index (χ1) is 12.6. The van der Waals surface area contributed by atoms with Crippen LogP contribution in [0.25, 0.3) is 16.2 Å². The largest absolute Gasteiger partial charge is 0.330 e. The quantitative estimate of drug-likeness (QED) is 0.553. The van der Waals surface area contributed by atoms with Crippen LogP contribution in [0.1, 0.15) is 5.56 Å². The van der Waals surface area contributed by atoms with Crippen LogP contribution in [0, 0.1) is 0 Å². The summed E-state index contributed by atoms with van der Waals surface area (Å²) in [6, 6.07) is 13.4. The first-order valence-corrected chi connectivity index (χ1v) is 9.15. The number of nitrogens with one attached hydrogen (secondary N) is 2. The molecule has 8 heteroatoms. The Morgan fingerprint density at radius 1 is 1.19 bits per heavy atom. The van der Waals surface area contributed by atoms with Gasteiger partial charge in [-0.2, -0.15) is 0 Å². The zero-order valence-electron chi connectivity index (χ0n) is 13.4. The molecular formula is C18H12ClN5OS. The van der Waals surface area contributed by atoms with E-state index >= 15 is 0 Å². The van der Waals surface area contributed by atoms with Gasteiger partial charge >= 0.3 is 0 Å². The third kappa shape index (κ3) is 2.71. The third-order valence-electron chi connectivity index (χ3n) is 4.16.